The first-order chi connectivity index (χ1) is 14.2. The first-order valence-corrected chi connectivity index (χ1v) is 10.4. The average Bonchev–Trinajstić information content (AvgIpc) is 2.75. The molecule has 0 saturated carbocycles. The molecular formula is C25H26N2O2. The molecule has 3 heterocycles. The van der Waals surface area contributed by atoms with E-state index in [0.717, 1.165) is 31.9 Å². The second-order valence-corrected chi connectivity index (χ2v) is 8.31. The molecule has 0 unspecified atom stereocenters. The fraction of sp³-hybridized carbons (Fsp3) is 0.320. The number of ether oxygens (including phenoxy) is 1. The van der Waals surface area contributed by atoms with Gasteiger partial charge in [0.1, 0.15) is 12.4 Å². The van der Waals surface area contributed by atoms with Crippen LogP contribution in [0.15, 0.2) is 77.6 Å². The van der Waals surface area contributed by atoms with Gasteiger partial charge in [-0.1, -0.05) is 48.5 Å². The zero-order valence-corrected chi connectivity index (χ0v) is 16.5. The summed E-state index contributed by atoms with van der Waals surface area (Å²) >= 11 is 0. The Morgan fingerprint density at radius 3 is 2.48 bits per heavy atom. The van der Waals surface area contributed by atoms with E-state index in [2.05, 4.69) is 47.4 Å². The summed E-state index contributed by atoms with van der Waals surface area (Å²) in [5.41, 5.74) is 3.85. The maximum Gasteiger partial charge on any atom is 0.250 e. The molecule has 2 aliphatic rings. The van der Waals surface area contributed by atoms with Crippen LogP contribution < -0.4 is 10.3 Å². The van der Waals surface area contributed by atoms with Gasteiger partial charge in [0.2, 0.25) is 0 Å². The van der Waals surface area contributed by atoms with Gasteiger partial charge in [-0.2, -0.15) is 0 Å². The van der Waals surface area contributed by atoms with Crippen molar-refractivity contribution in [3.63, 3.8) is 0 Å². The summed E-state index contributed by atoms with van der Waals surface area (Å²) in [6, 6.07) is 24.4. The van der Waals surface area contributed by atoms with E-state index >= 15 is 0 Å². The van der Waals surface area contributed by atoms with Gasteiger partial charge in [-0.25, -0.2) is 0 Å². The van der Waals surface area contributed by atoms with Gasteiger partial charge >= 0.3 is 0 Å². The van der Waals surface area contributed by atoms with E-state index in [9.17, 15) is 4.79 Å². The van der Waals surface area contributed by atoms with Gasteiger partial charge in [0.25, 0.3) is 5.56 Å². The fourth-order valence-electron chi connectivity index (χ4n) is 4.81. The van der Waals surface area contributed by atoms with Crippen LogP contribution in [-0.2, 0) is 19.7 Å². The molecule has 2 aromatic carbocycles. The number of aromatic nitrogens is 1. The predicted octanol–water partition coefficient (Wildman–Crippen LogP) is 4.05. The van der Waals surface area contributed by atoms with Gasteiger partial charge in [-0.05, 0) is 41.7 Å². The molecule has 0 spiro atoms. The number of fused-ring (bicyclic) bond motifs is 4. The molecule has 3 aromatic rings. The smallest absolute Gasteiger partial charge is 0.250 e. The highest BCUT2D eigenvalue weighted by atomic mass is 16.5. The SMILES string of the molecule is O=c1cccc2n1C[C@H]1C[C@@H]2CN(Cc2ccc(OCc3ccccc3)cc2)C1. The van der Waals surface area contributed by atoms with E-state index in [4.69, 9.17) is 4.74 Å². The van der Waals surface area contributed by atoms with Crippen LogP contribution >= 0.6 is 0 Å². The molecule has 1 fully saturated rings. The standard InChI is InChI=1S/C25H26N2O2/c28-25-8-4-7-24-22-13-21(16-27(24)25)15-26(17-22)14-19-9-11-23(12-10-19)29-18-20-5-2-1-3-6-20/h1-12,21-22H,13-18H2/t21-,22+/m0/s1. The normalized spacial score (nSPS) is 20.8. The maximum atomic E-state index is 12.2. The molecule has 4 nitrogen and oxygen atoms in total. The van der Waals surface area contributed by atoms with Gasteiger partial charge in [0.15, 0.2) is 0 Å². The number of benzene rings is 2. The van der Waals surface area contributed by atoms with Crippen LogP contribution in [0, 0.1) is 5.92 Å². The highest BCUT2D eigenvalue weighted by Gasteiger charge is 2.34. The first-order valence-electron chi connectivity index (χ1n) is 10.4. The minimum absolute atomic E-state index is 0.150. The van der Waals surface area contributed by atoms with Crippen molar-refractivity contribution in [2.45, 2.75) is 32.0 Å². The number of hydrogen-bond acceptors (Lipinski definition) is 3. The molecule has 148 valence electrons. The number of hydrogen-bond donors (Lipinski definition) is 0. The number of pyridine rings is 1. The quantitative estimate of drug-likeness (QED) is 0.664. The predicted molar refractivity (Wildman–Crippen MR) is 114 cm³/mol. The van der Waals surface area contributed by atoms with E-state index in [0.29, 0.717) is 18.4 Å². The summed E-state index contributed by atoms with van der Waals surface area (Å²) in [7, 11) is 0. The van der Waals surface area contributed by atoms with Crippen molar-refractivity contribution < 1.29 is 4.74 Å². The summed E-state index contributed by atoms with van der Waals surface area (Å²) < 4.78 is 7.90. The minimum Gasteiger partial charge on any atom is -0.489 e. The molecule has 1 aromatic heterocycles. The molecule has 0 radical (unpaired) electrons. The van der Waals surface area contributed by atoms with Crippen molar-refractivity contribution in [3.05, 3.63) is 100.0 Å². The molecule has 0 aliphatic carbocycles. The van der Waals surface area contributed by atoms with Crippen molar-refractivity contribution in [1.82, 2.24) is 9.47 Å². The Morgan fingerprint density at radius 1 is 0.828 bits per heavy atom. The molecule has 29 heavy (non-hydrogen) atoms. The summed E-state index contributed by atoms with van der Waals surface area (Å²) in [5.74, 6) is 1.93. The van der Waals surface area contributed by atoms with Gasteiger partial charge < -0.3 is 9.30 Å². The Balaban J connectivity index is 1.22. The molecule has 5 rings (SSSR count). The molecular weight excluding hydrogens is 360 g/mol. The van der Waals surface area contributed by atoms with Gasteiger partial charge in [-0.3, -0.25) is 9.69 Å². The van der Waals surface area contributed by atoms with Gasteiger partial charge in [0, 0.05) is 43.9 Å². The van der Waals surface area contributed by atoms with Crippen LogP contribution in [0.5, 0.6) is 5.75 Å². The second-order valence-electron chi connectivity index (χ2n) is 8.31. The molecule has 0 N–H and O–H groups in total. The summed E-state index contributed by atoms with van der Waals surface area (Å²) in [6.45, 7) is 4.47. The number of piperidine rings is 1. The topological polar surface area (TPSA) is 34.5 Å². The molecule has 0 amide bonds. The number of likely N-dealkylation sites (tertiary alicyclic amines) is 1. The molecule has 1 saturated heterocycles. The summed E-state index contributed by atoms with van der Waals surface area (Å²) in [4.78, 5) is 14.7. The Bertz CT molecular complexity index is 1030. The van der Waals surface area contributed by atoms with Crippen LogP contribution in [0.3, 0.4) is 0 Å². The highest BCUT2D eigenvalue weighted by Crippen LogP contribution is 2.35. The third kappa shape index (κ3) is 3.99. The van der Waals surface area contributed by atoms with Crippen molar-refractivity contribution in [1.29, 1.82) is 0 Å². The lowest BCUT2D eigenvalue weighted by Crippen LogP contribution is -2.46. The maximum absolute atomic E-state index is 12.2. The zero-order chi connectivity index (χ0) is 19.6. The van der Waals surface area contributed by atoms with E-state index in [1.54, 1.807) is 6.07 Å². The second kappa shape index (κ2) is 7.88. The van der Waals surface area contributed by atoms with Crippen LogP contribution in [-0.4, -0.2) is 22.6 Å². The van der Waals surface area contributed by atoms with Crippen molar-refractivity contribution >= 4 is 0 Å². The average molecular weight is 386 g/mol. The van der Waals surface area contributed by atoms with Crippen molar-refractivity contribution in [2.75, 3.05) is 13.1 Å². The third-order valence-electron chi connectivity index (χ3n) is 6.13. The fourth-order valence-corrected chi connectivity index (χ4v) is 4.81. The van der Waals surface area contributed by atoms with Crippen molar-refractivity contribution in [2.24, 2.45) is 5.92 Å². The van der Waals surface area contributed by atoms with E-state index < -0.39 is 0 Å². The largest absolute Gasteiger partial charge is 0.489 e. The van der Waals surface area contributed by atoms with Crippen LogP contribution in [0.4, 0.5) is 0 Å². The van der Waals surface area contributed by atoms with Gasteiger partial charge in [0.05, 0.1) is 0 Å². The Labute approximate surface area is 171 Å². The monoisotopic (exact) mass is 386 g/mol. The Hall–Kier alpha value is -2.85. The highest BCUT2D eigenvalue weighted by molar-refractivity contribution is 5.28. The Kier molecular flexibility index (Phi) is 4.94. The van der Waals surface area contributed by atoms with E-state index in [-0.39, 0.29) is 5.56 Å². The van der Waals surface area contributed by atoms with E-state index in [1.165, 1.54) is 23.2 Å². The summed E-state index contributed by atoms with van der Waals surface area (Å²) in [5, 5.41) is 0. The molecule has 4 heteroatoms. The lowest BCUT2D eigenvalue weighted by molar-refractivity contribution is 0.114. The zero-order valence-electron chi connectivity index (χ0n) is 16.5. The summed E-state index contributed by atoms with van der Waals surface area (Å²) in [6.07, 6.45) is 1.20. The Morgan fingerprint density at radius 2 is 1.66 bits per heavy atom. The number of nitrogens with zero attached hydrogens (tertiary/aromatic N) is 2. The lowest BCUT2D eigenvalue weighted by atomic mass is 9.83. The molecule has 2 atom stereocenters. The first kappa shape index (κ1) is 18.2. The molecule has 2 bridgehead atoms. The van der Waals surface area contributed by atoms with E-state index in [1.807, 2.05) is 28.8 Å². The van der Waals surface area contributed by atoms with Crippen LogP contribution in [0.1, 0.15) is 29.2 Å². The number of rotatable bonds is 5. The molecule has 2 aliphatic heterocycles. The lowest BCUT2D eigenvalue weighted by Gasteiger charge is -2.42. The van der Waals surface area contributed by atoms with Crippen LogP contribution in [0.2, 0.25) is 0 Å². The van der Waals surface area contributed by atoms with Crippen molar-refractivity contribution in [3.8, 4) is 5.75 Å². The van der Waals surface area contributed by atoms with Gasteiger partial charge in [-0.15, -0.1) is 0 Å². The van der Waals surface area contributed by atoms with Crippen LogP contribution in [0.25, 0.3) is 0 Å². The minimum atomic E-state index is 0.150. The third-order valence-corrected chi connectivity index (χ3v) is 6.13.